The first-order valence-electron chi connectivity index (χ1n) is 3.25. The Bertz CT molecular complexity index is 294. The molecule has 0 radical (unpaired) electrons. The highest BCUT2D eigenvalue weighted by atomic mass is 17.1. The van der Waals surface area contributed by atoms with Gasteiger partial charge in [0.25, 0.3) is 0 Å². The molecule has 12 heavy (non-hydrogen) atoms. The number of carbonyl (C=O) groups excluding carboxylic acids is 1. The zero-order valence-corrected chi connectivity index (χ0v) is 6.15. The summed E-state index contributed by atoms with van der Waals surface area (Å²) >= 11 is 0. The molecule has 0 aromatic heterocycles. The fraction of sp³-hybridized carbons (Fsp3) is 0. The number of hydrogen-bond donors (Lipinski definition) is 2. The van der Waals surface area contributed by atoms with E-state index in [1.807, 2.05) is 0 Å². The van der Waals surface area contributed by atoms with E-state index < -0.39 is 5.97 Å². The highest BCUT2D eigenvalue weighted by molar-refractivity contribution is 6.41. The Hall–Kier alpha value is -1.68. The summed E-state index contributed by atoms with van der Waals surface area (Å²) in [6.45, 7) is 0. The van der Waals surface area contributed by atoms with Crippen LogP contribution in [0.3, 0.4) is 0 Å². The van der Waals surface area contributed by atoms with Gasteiger partial charge in [0.2, 0.25) is 0 Å². The van der Waals surface area contributed by atoms with Gasteiger partial charge in [0.1, 0.15) is 0 Å². The molecule has 0 atom stereocenters. The molecule has 1 aromatic rings. The Morgan fingerprint density at radius 2 is 1.92 bits per heavy atom. The van der Waals surface area contributed by atoms with Crippen LogP contribution in [0.1, 0.15) is 5.56 Å². The molecule has 0 saturated carbocycles. The standard InChI is InChI=1S/C8H7NO3/c9-7(8(10)12-11)6-4-2-1-3-5-6/h1-5,9,11H. The van der Waals surface area contributed by atoms with Crippen LogP contribution in [0.2, 0.25) is 0 Å². The van der Waals surface area contributed by atoms with Crippen molar-refractivity contribution in [1.82, 2.24) is 0 Å². The van der Waals surface area contributed by atoms with Crippen LogP contribution in [0.5, 0.6) is 0 Å². The monoisotopic (exact) mass is 165 g/mol. The molecule has 1 aromatic carbocycles. The van der Waals surface area contributed by atoms with Gasteiger partial charge >= 0.3 is 5.97 Å². The molecule has 0 spiro atoms. The Balaban J connectivity index is 2.86. The van der Waals surface area contributed by atoms with Crippen LogP contribution in [-0.2, 0) is 9.68 Å². The molecule has 1 rings (SSSR count). The van der Waals surface area contributed by atoms with Gasteiger partial charge in [-0.05, 0) is 0 Å². The van der Waals surface area contributed by atoms with Crippen LogP contribution in [0.25, 0.3) is 0 Å². The molecule has 0 aliphatic rings. The third-order valence-electron chi connectivity index (χ3n) is 1.35. The Morgan fingerprint density at radius 1 is 1.33 bits per heavy atom. The van der Waals surface area contributed by atoms with Crippen molar-refractivity contribution in [2.45, 2.75) is 0 Å². The van der Waals surface area contributed by atoms with Crippen LogP contribution in [0.15, 0.2) is 30.3 Å². The van der Waals surface area contributed by atoms with Crippen molar-refractivity contribution in [1.29, 1.82) is 5.41 Å². The summed E-state index contributed by atoms with van der Waals surface area (Å²) in [6.07, 6.45) is 0. The second-order valence-electron chi connectivity index (χ2n) is 2.12. The molecule has 2 N–H and O–H groups in total. The van der Waals surface area contributed by atoms with Crippen molar-refractivity contribution in [2.24, 2.45) is 0 Å². The van der Waals surface area contributed by atoms with Gasteiger partial charge in [0, 0.05) is 5.56 Å². The van der Waals surface area contributed by atoms with Gasteiger partial charge in [-0.15, -0.1) is 0 Å². The summed E-state index contributed by atoms with van der Waals surface area (Å²) in [5.74, 6) is -1.05. The topological polar surface area (TPSA) is 70.4 Å². The molecular formula is C8H7NO3. The average Bonchev–Trinajstić information content (AvgIpc) is 2.17. The van der Waals surface area contributed by atoms with Crippen molar-refractivity contribution >= 4 is 11.7 Å². The minimum Gasteiger partial charge on any atom is -0.294 e. The smallest absolute Gasteiger partial charge is 0.294 e. The lowest BCUT2D eigenvalue weighted by Crippen LogP contribution is -2.15. The quantitative estimate of drug-likeness (QED) is 0.391. The van der Waals surface area contributed by atoms with Gasteiger partial charge in [-0.25, -0.2) is 4.79 Å². The normalized spacial score (nSPS) is 9.08. The Kier molecular flexibility index (Phi) is 2.55. The van der Waals surface area contributed by atoms with E-state index >= 15 is 0 Å². The maximum atomic E-state index is 10.6. The van der Waals surface area contributed by atoms with Crippen LogP contribution >= 0.6 is 0 Å². The van der Waals surface area contributed by atoms with Crippen LogP contribution in [0.4, 0.5) is 0 Å². The second-order valence-corrected chi connectivity index (χ2v) is 2.12. The predicted molar refractivity (Wildman–Crippen MR) is 42.0 cm³/mol. The minimum atomic E-state index is -1.05. The molecule has 0 bridgehead atoms. The van der Waals surface area contributed by atoms with Crippen molar-refractivity contribution in [3.8, 4) is 0 Å². The number of carbonyl (C=O) groups is 1. The van der Waals surface area contributed by atoms with E-state index in [4.69, 9.17) is 10.7 Å². The number of rotatable bonds is 2. The van der Waals surface area contributed by atoms with Gasteiger partial charge < -0.3 is 0 Å². The lowest BCUT2D eigenvalue weighted by Gasteiger charge is -1.98. The molecule has 0 aliphatic heterocycles. The van der Waals surface area contributed by atoms with Crippen molar-refractivity contribution in [2.75, 3.05) is 0 Å². The summed E-state index contributed by atoms with van der Waals surface area (Å²) in [6, 6.07) is 8.31. The van der Waals surface area contributed by atoms with E-state index in [0.717, 1.165) is 0 Å². The first kappa shape index (κ1) is 8.42. The fourth-order valence-corrected chi connectivity index (χ4v) is 0.768. The van der Waals surface area contributed by atoms with E-state index in [9.17, 15) is 4.79 Å². The first-order chi connectivity index (χ1) is 5.75. The van der Waals surface area contributed by atoms with E-state index in [2.05, 4.69) is 4.89 Å². The summed E-state index contributed by atoms with van der Waals surface area (Å²) in [7, 11) is 0. The summed E-state index contributed by atoms with van der Waals surface area (Å²) in [5, 5.41) is 15.2. The second kappa shape index (κ2) is 3.64. The van der Waals surface area contributed by atoms with Gasteiger partial charge in [0.15, 0.2) is 5.71 Å². The third kappa shape index (κ3) is 1.67. The van der Waals surface area contributed by atoms with Gasteiger partial charge in [-0.1, -0.05) is 30.3 Å². The Morgan fingerprint density at radius 3 is 2.42 bits per heavy atom. The number of nitrogens with one attached hydrogen (secondary N) is 1. The highest BCUT2D eigenvalue weighted by Gasteiger charge is 2.11. The first-order valence-corrected chi connectivity index (χ1v) is 3.25. The van der Waals surface area contributed by atoms with E-state index in [1.54, 1.807) is 30.3 Å². The molecule has 0 heterocycles. The molecule has 4 nitrogen and oxygen atoms in total. The molecule has 0 unspecified atom stereocenters. The van der Waals surface area contributed by atoms with Crippen LogP contribution in [-0.4, -0.2) is 16.9 Å². The van der Waals surface area contributed by atoms with E-state index in [-0.39, 0.29) is 5.71 Å². The maximum absolute atomic E-state index is 10.6. The maximum Gasteiger partial charge on any atom is 0.390 e. The van der Waals surface area contributed by atoms with Crippen molar-refractivity contribution in [3.05, 3.63) is 35.9 Å². The summed E-state index contributed by atoms with van der Waals surface area (Å²) in [5.41, 5.74) is 0.0506. The third-order valence-corrected chi connectivity index (χ3v) is 1.35. The van der Waals surface area contributed by atoms with E-state index in [1.165, 1.54) is 0 Å². The zero-order valence-electron chi connectivity index (χ0n) is 6.15. The average molecular weight is 165 g/mol. The molecular weight excluding hydrogens is 158 g/mol. The minimum absolute atomic E-state index is 0.363. The van der Waals surface area contributed by atoms with Crippen molar-refractivity contribution in [3.63, 3.8) is 0 Å². The molecule has 0 fully saturated rings. The summed E-state index contributed by atoms with van der Waals surface area (Å²) in [4.78, 5) is 14.0. The van der Waals surface area contributed by atoms with Gasteiger partial charge in [0.05, 0.1) is 0 Å². The Labute approximate surface area is 68.8 Å². The molecule has 0 aliphatic carbocycles. The SMILES string of the molecule is N=C(C(=O)OO)c1ccccc1. The van der Waals surface area contributed by atoms with E-state index in [0.29, 0.717) is 5.56 Å². The highest BCUT2D eigenvalue weighted by Crippen LogP contribution is 2.00. The van der Waals surface area contributed by atoms with Gasteiger partial charge in [-0.2, -0.15) is 5.26 Å². The van der Waals surface area contributed by atoms with Crippen molar-refractivity contribution < 1.29 is 14.9 Å². The van der Waals surface area contributed by atoms with Crippen LogP contribution < -0.4 is 0 Å². The fourth-order valence-electron chi connectivity index (χ4n) is 0.768. The van der Waals surface area contributed by atoms with Crippen LogP contribution in [0, 0.1) is 5.41 Å². The summed E-state index contributed by atoms with van der Waals surface area (Å²) < 4.78 is 0. The van der Waals surface area contributed by atoms with Gasteiger partial charge in [-0.3, -0.25) is 10.3 Å². The zero-order chi connectivity index (χ0) is 8.97. The predicted octanol–water partition coefficient (Wildman–Crippen LogP) is 1.07. The molecule has 4 heteroatoms. The number of benzene rings is 1. The number of hydrogen-bond acceptors (Lipinski definition) is 4. The molecule has 0 amide bonds. The lowest BCUT2D eigenvalue weighted by atomic mass is 10.1. The molecule has 0 saturated heterocycles. The largest absolute Gasteiger partial charge is 0.390 e. The molecule has 62 valence electrons. The lowest BCUT2D eigenvalue weighted by molar-refractivity contribution is -0.225.